The monoisotopic (exact) mass is 373 g/mol. The van der Waals surface area contributed by atoms with Crippen LogP contribution in [0.5, 0.6) is 23.0 Å². The summed E-state index contributed by atoms with van der Waals surface area (Å²) < 4.78 is 68.4. The van der Waals surface area contributed by atoms with Crippen molar-refractivity contribution in [3.05, 3.63) is 42.0 Å². The maximum atomic E-state index is 13.0. The summed E-state index contributed by atoms with van der Waals surface area (Å²) in [7, 11) is 1.23. The van der Waals surface area contributed by atoms with Crippen molar-refractivity contribution < 1.29 is 41.3 Å². The first-order chi connectivity index (χ1) is 12.3. The average Bonchev–Trinajstić information content (AvgIpc) is 2.87. The summed E-state index contributed by atoms with van der Waals surface area (Å²) in [5, 5.41) is 2.46. The van der Waals surface area contributed by atoms with E-state index in [4.69, 9.17) is 4.74 Å². The Kier molecular flexibility index (Phi) is 4.49. The molecular weight excluding hydrogens is 362 g/mol. The number of benzene rings is 2. The predicted molar refractivity (Wildman–Crippen MR) is 80.2 cm³/mol. The van der Waals surface area contributed by atoms with Gasteiger partial charge in [-0.1, -0.05) is 0 Å². The predicted octanol–water partition coefficient (Wildman–Crippen LogP) is 3.87. The van der Waals surface area contributed by atoms with E-state index in [9.17, 15) is 22.4 Å². The first kappa shape index (κ1) is 17.6. The molecule has 138 valence electrons. The molecule has 3 rings (SSSR count). The smallest absolute Gasteiger partial charge is 0.493 e. The molecule has 2 aromatic rings. The largest absolute Gasteiger partial charge is 0.586 e. The number of hydrogen-bond donors (Lipinski definition) is 1. The van der Waals surface area contributed by atoms with Crippen LogP contribution in [0.25, 0.3) is 0 Å². The molecule has 26 heavy (non-hydrogen) atoms. The third kappa shape index (κ3) is 3.73. The second-order valence-corrected chi connectivity index (χ2v) is 5.03. The Morgan fingerprint density at radius 2 is 1.81 bits per heavy atom. The molecule has 0 unspecified atom stereocenters. The molecule has 1 N–H and O–H groups in total. The highest BCUT2D eigenvalue weighted by Gasteiger charge is 2.43. The van der Waals surface area contributed by atoms with Crippen LogP contribution in [-0.2, 0) is 0 Å². The fourth-order valence-electron chi connectivity index (χ4n) is 2.23. The van der Waals surface area contributed by atoms with Crippen LogP contribution in [0.3, 0.4) is 0 Å². The van der Waals surface area contributed by atoms with Crippen molar-refractivity contribution in [2.75, 3.05) is 12.4 Å². The van der Waals surface area contributed by atoms with Gasteiger partial charge in [-0.2, -0.15) is 8.78 Å². The first-order valence-corrected chi connectivity index (χ1v) is 7.11. The highest BCUT2D eigenvalue weighted by atomic mass is 19.3. The average molecular weight is 373 g/mol. The van der Waals surface area contributed by atoms with E-state index in [1.165, 1.54) is 37.4 Å². The van der Waals surface area contributed by atoms with Crippen LogP contribution in [0.15, 0.2) is 36.4 Å². The standard InChI is InChI=1S/C16H11F4NO5/c1-23-12-6-8(2-4-10(12)24-15(17)18)14(22)21-9-3-5-11-13(7-9)26-16(19,20)25-11/h2-7,15H,1H3,(H,21,22). The van der Waals surface area contributed by atoms with E-state index in [0.717, 1.165) is 6.07 Å². The van der Waals surface area contributed by atoms with Crippen LogP contribution in [-0.4, -0.2) is 25.9 Å². The number of alkyl halides is 4. The van der Waals surface area contributed by atoms with Gasteiger partial charge >= 0.3 is 12.9 Å². The van der Waals surface area contributed by atoms with Gasteiger partial charge in [0.15, 0.2) is 23.0 Å². The van der Waals surface area contributed by atoms with Crippen LogP contribution in [0, 0.1) is 0 Å². The molecule has 1 amide bonds. The number of hydrogen-bond acceptors (Lipinski definition) is 5. The third-order valence-electron chi connectivity index (χ3n) is 3.30. The number of halogens is 4. The SMILES string of the molecule is COc1cc(C(=O)Nc2ccc3c(c2)OC(F)(F)O3)ccc1OC(F)F. The maximum Gasteiger partial charge on any atom is 0.586 e. The number of methoxy groups -OCH3 is 1. The van der Waals surface area contributed by atoms with Crippen molar-refractivity contribution in [3.8, 4) is 23.0 Å². The van der Waals surface area contributed by atoms with Crippen LogP contribution < -0.4 is 24.3 Å². The molecule has 0 saturated heterocycles. The van der Waals surface area contributed by atoms with Crippen molar-refractivity contribution >= 4 is 11.6 Å². The van der Waals surface area contributed by atoms with Crippen LogP contribution >= 0.6 is 0 Å². The molecule has 0 spiro atoms. The topological polar surface area (TPSA) is 66.0 Å². The van der Waals surface area contributed by atoms with Crippen LogP contribution in [0.4, 0.5) is 23.2 Å². The van der Waals surface area contributed by atoms with Gasteiger partial charge in [-0.15, -0.1) is 8.78 Å². The molecule has 6 nitrogen and oxygen atoms in total. The summed E-state index contributed by atoms with van der Waals surface area (Å²) in [6.07, 6.45) is -3.77. The quantitative estimate of drug-likeness (QED) is 0.806. The molecule has 1 aliphatic rings. The highest BCUT2D eigenvalue weighted by molar-refractivity contribution is 6.04. The lowest BCUT2D eigenvalue weighted by Gasteiger charge is -2.11. The highest BCUT2D eigenvalue weighted by Crippen LogP contribution is 2.42. The molecule has 0 fully saturated rings. The van der Waals surface area contributed by atoms with Gasteiger partial charge < -0.3 is 24.3 Å². The van der Waals surface area contributed by atoms with Crippen molar-refractivity contribution in [3.63, 3.8) is 0 Å². The van der Waals surface area contributed by atoms with Gasteiger partial charge in [0.2, 0.25) is 0 Å². The second kappa shape index (κ2) is 6.62. The lowest BCUT2D eigenvalue weighted by molar-refractivity contribution is -0.286. The van der Waals surface area contributed by atoms with Gasteiger partial charge in [0.1, 0.15) is 0 Å². The molecule has 0 bridgehead atoms. The zero-order chi connectivity index (χ0) is 18.9. The molecule has 1 heterocycles. The molecule has 2 aromatic carbocycles. The first-order valence-electron chi connectivity index (χ1n) is 7.11. The lowest BCUT2D eigenvalue weighted by Crippen LogP contribution is -2.25. The Bertz CT molecular complexity index is 843. The van der Waals surface area contributed by atoms with E-state index in [2.05, 4.69) is 19.5 Å². The molecule has 0 saturated carbocycles. The van der Waals surface area contributed by atoms with Gasteiger partial charge in [-0.25, -0.2) is 0 Å². The zero-order valence-corrected chi connectivity index (χ0v) is 13.1. The number of ether oxygens (including phenoxy) is 4. The minimum absolute atomic E-state index is 0.0664. The number of amides is 1. The van der Waals surface area contributed by atoms with Crippen molar-refractivity contribution in [1.82, 2.24) is 0 Å². The van der Waals surface area contributed by atoms with E-state index in [0.29, 0.717) is 0 Å². The Morgan fingerprint density at radius 3 is 2.50 bits per heavy atom. The summed E-state index contributed by atoms with van der Waals surface area (Å²) in [4.78, 5) is 12.3. The number of fused-ring (bicyclic) bond motifs is 1. The van der Waals surface area contributed by atoms with E-state index in [1.54, 1.807) is 0 Å². The Morgan fingerprint density at radius 1 is 1.08 bits per heavy atom. The fourth-order valence-corrected chi connectivity index (χ4v) is 2.23. The summed E-state index contributed by atoms with van der Waals surface area (Å²) in [5.41, 5.74) is 0.244. The summed E-state index contributed by atoms with van der Waals surface area (Å²) in [5.74, 6) is -1.32. The Labute approximate surface area is 144 Å². The van der Waals surface area contributed by atoms with Gasteiger partial charge in [0, 0.05) is 17.3 Å². The lowest BCUT2D eigenvalue weighted by atomic mass is 10.1. The maximum absolute atomic E-state index is 13.0. The van der Waals surface area contributed by atoms with E-state index < -0.39 is 18.8 Å². The number of carbonyl (C=O) groups excluding carboxylic acids is 1. The summed E-state index contributed by atoms with van der Waals surface area (Å²) >= 11 is 0. The van der Waals surface area contributed by atoms with Gasteiger partial charge in [0.05, 0.1) is 7.11 Å². The Balaban J connectivity index is 1.77. The normalized spacial score (nSPS) is 14.2. The van der Waals surface area contributed by atoms with Crippen LogP contribution in [0.2, 0.25) is 0 Å². The minimum atomic E-state index is -3.77. The van der Waals surface area contributed by atoms with Crippen molar-refractivity contribution in [2.24, 2.45) is 0 Å². The summed E-state index contributed by atoms with van der Waals surface area (Å²) in [6.45, 7) is -3.05. The molecule has 0 atom stereocenters. The third-order valence-corrected chi connectivity index (χ3v) is 3.30. The molecule has 0 radical (unpaired) electrons. The van der Waals surface area contributed by atoms with E-state index in [1.807, 2.05) is 0 Å². The minimum Gasteiger partial charge on any atom is -0.493 e. The van der Waals surface area contributed by atoms with E-state index in [-0.39, 0.29) is 34.2 Å². The molecule has 1 aliphatic heterocycles. The second-order valence-electron chi connectivity index (χ2n) is 5.03. The number of nitrogens with one attached hydrogen (secondary N) is 1. The number of rotatable bonds is 5. The van der Waals surface area contributed by atoms with E-state index >= 15 is 0 Å². The molecule has 0 aromatic heterocycles. The fraction of sp³-hybridized carbons (Fsp3) is 0.188. The number of anilines is 1. The Hall–Kier alpha value is -3.17. The number of carbonyl (C=O) groups is 1. The molecular formula is C16H11F4NO5. The van der Waals surface area contributed by atoms with Crippen molar-refractivity contribution in [2.45, 2.75) is 12.9 Å². The molecule has 10 heteroatoms. The van der Waals surface area contributed by atoms with Gasteiger partial charge in [-0.3, -0.25) is 4.79 Å². The van der Waals surface area contributed by atoms with Crippen molar-refractivity contribution in [1.29, 1.82) is 0 Å². The van der Waals surface area contributed by atoms with Crippen LogP contribution in [0.1, 0.15) is 10.4 Å². The molecule has 0 aliphatic carbocycles. The van der Waals surface area contributed by atoms with Gasteiger partial charge in [-0.05, 0) is 30.3 Å². The summed E-state index contributed by atoms with van der Waals surface area (Å²) in [6, 6.07) is 7.32. The zero-order valence-electron chi connectivity index (χ0n) is 13.1. The van der Waals surface area contributed by atoms with Gasteiger partial charge in [0.25, 0.3) is 5.91 Å².